The van der Waals surface area contributed by atoms with Crippen LogP contribution in [0.1, 0.15) is 31.0 Å². The number of rotatable bonds is 6. The van der Waals surface area contributed by atoms with E-state index in [0.29, 0.717) is 54.3 Å². The van der Waals surface area contributed by atoms with Gasteiger partial charge in [-0.3, -0.25) is 14.2 Å². The Morgan fingerprint density at radius 3 is 2.53 bits per heavy atom. The lowest BCUT2D eigenvalue weighted by molar-refractivity contribution is -0.113. The molecule has 0 fully saturated rings. The summed E-state index contributed by atoms with van der Waals surface area (Å²) in [6, 6.07) is 21.0. The molecule has 1 atom stereocenters. The Morgan fingerprint density at radius 2 is 1.84 bits per heavy atom. The summed E-state index contributed by atoms with van der Waals surface area (Å²) in [4.78, 5) is 32.6. The lowest BCUT2D eigenvalue weighted by atomic mass is 9.95. The molecular weight excluding hydrogens is 541 g/mol. The Bertz CT molecular complexity index is 1730. The highest BCUT2D eigenvalue weighted by molar-refractivity contribution is 7.07. The third kappa shape index (κ3) is 5.18. The van der Waals surface area contributed by atoms with Gasteiger partial charge < -0.3 is 10.1 Å². The predicted molar refractivity (Wildman–Crippen MR) is 153 cm³/mol. The topological polar surface area (TPSA) is 72.7 Å². The molecule has 1 aliphatic heterocycles. The van der Waals surface area contributed by atoms with Crippen molar-refractivity contribution >= 4 is 52.2 Å². The number of hydrogen-bond donors (Lipinski definition) is 1. The molecule has 0 aliphatic carbocycles. The van der Waals surface area contributed by atoms with Crippen LogP contribution in [0.3, 0.4) is 0 Å². The molecule has 1 amide bonds. The predicted octanol–water partition coefficient (Wildman–Crippen LogP) is 5.58. The fraction of sp³-hybridized carbons (Fsp3) is 0.138. The molecule has 9 heteroatoms. The first-order chi connectivity index (χ1) is 18.4. The maximum Gasteiger partial charge on any atom is 0.271 e. The highest BCUT2D eigenvalue weighted by Gasteiger charge is 2.32. The summed E-state index contributed by atoms with van der Waals surface area (Å²) in [6.45, 7) is 4.23. The summed E-state index contributed by atoms with van der Waals surface area (Å²) >= 11 is 13.7. The number of ether oxygens (including phenoxy) is 1. The van der Waals surface area contributed by atoms with Crippen LogP contribution in [-0.4, -0.2) is 17.1 Å². The quantitative estimate of drug-likeness (QED) is 0.333. The van der Waals surface area contributed by atoms with Crippen molar-refractivity contribution in [2.45, 2.75) is 19.9 Å². The molecule has 3 aromatic carbocycles. The first-order valence-electron chi connectivity index (χ1n) is 11.9. The van der Waals surface area contributed by atoms with Gasteiger partial charge in [0.15, 0.2) is 4.80 Å². The Labute approximate surface area is 233 Å². The van der Waals surface area contributed by atoms with E-state index in [2.05, 4.69) is 10.3 Å². The third-order valence-corrected chi connectivity index (χ3v) is 7.60. The molecule has 5 rings (SSSR count). The van der Waals surface area contributed by atoms with Crippen molar-refractivity contribution in [3.8, 4) is 5.75 Å². The van der Waals surface area contributed by atoms with Gasteiger partial charge in [0.25, 0.3) is 11.5 Å². The summed E-state index contributed by atoms with van der Waals surface area (Å²) in [7, 11) is 0. The molecule has 0 radical (unpaired) electrons. The Morgan fingerprint density at radius 1 is 1.11 bits per heavy atom. The number of para-hydroxylation sites is 1. The van der Waals surface area contributed by atoms with E-state index in [1.807, 2.05) is 61.5 Å². The molecule has 0 bridgehead atoms. The second-order valence-corrected chi connectivity index (χ2v) is 10.4. The summed E-state index contributed by atoms with van der Waals surface area (Å²) in [5.41, 5.74) is 2.74. The van der Waals surface area contributed by atoms with Gasteiger partial charge in [-0.25, -0.2) is 4.99 Å². The lowest BCUT2D eigenvalue weighted by Gasteiger charge is -2.25. The second kappa shape index (κ2) is 11.0. The first-order valence-corrected chi connectivity index (χ1v) is 13.5. The number of aromatic nitrogens is 1. The molecule has 1 N–H and O–H groups in total. The molecule has 4 aromatic rings. The van der Waals surface area contributed by atoms with Gasteiger partial charge in [0.05, 0.1) is 28.5 Å². The highest BCUT2D eigenvalue weighted by atomic mass is 35.5. The van der Waals surface area contributed by atoms with Gasteiger partial charge in [-0.2, -0.15) is 0 Å². The molecule has 6 nitrogen and oxygen atoms in total. The minimum absolute atomic E-state index is 0.267. The van der Waals surface area contributed by atoms with Crippen molar-refractivity contribution in [1.29, 1.82) is 0 Å². The number of thiazole rings is 1. The second-order valence-electron chi connectivity index (χ2n) is 8.57. The first kappa shape index (κ1) is 26.0. The molecule has 0 spiro atoms. The summed E-state index contributed by atoms with van der Waals surface area (Å²) in [5.74, 6) is 0.378. The van der Waals surface area contributed by atoms with Crippen molar-refractivity contribution in [2.75, 3.05) is 11.9 Å². The molecule has 1 aliphatic rings. The number of halogens is 2. The SMILES string of the molecule is CCOc1ccc([C@H]2C(C(=O)Nc3ccccc3)=C(C)N=c3s/c(=C\c4ccc(Cl)cc4Cl)c(=O)n32)cc1. The zero-order chi connectivity index (χ0) is 26.8. The minimum Gasteiger partial charge on any atom is -0.494 e. The molecule has 2 heterocycles. The number of anilines is 1. The minimum atomic E-state index is -0.687. The van der Waals surface area contributed by atoms with Crippen LogP contribution in [0, 0.1) is 0 Å². The molecule has 0 saturated heterocycles. The van der Waals surface area contributed by atoms with Crippen LogP contribution in [0.25, 0.3) is 6.08 Å². The maximum atomic E-state index is 13.8. The van der Waals surface area contributed by atoms with Crippen molar-refractivity contribution in [1.82, 2.24) is 4.57 Å². The molecule has 192 valence electrons. The van der Waals surface area contributed by atoms with E-state index in [-0.39, 0.29) is 11.5 Å². The van der Waals surface area contributed by atoms with Crippen LogP contribution >= 0.6 is 34.5 Å². The van der Waals surface area contributed by atoms with Crippen LogP contribution in [0.2, 0.25) is 10.0 Å². The van der Waals surface area contributed by atoms with E-state index in [1.54, 1.807) is 35.8 Å². The number of carbonyl (C=O) groups excluding carboxylic acids is 1. The number of carbonyl (C=O) groups is 1. The molecule has 0 unspecified atom stereocenters. The lowest BCUT2D eigenvalue weighted by Crippen LogP contribution is -2.40. The number of amides is 1. The van der Waals surface area contributed by atoms with Crippen molar-refractivity contribution < 1.29 is 9.53 Å². The molecule has 38 heavy (non-hydrogen) atoms. The Balaban J connectivity index is 1.67. The van der Waals surface area contributed by atoms with Gasteiger partial charge in [-0.05, 0) is 67.4 Å². The van der Waals surface area contributed by atoms with Crippen LogP contribution < -0.4 is 24.9 Å². The maximum absolute atomic E-state index is 13.8. The normalized spacial score (nSPS) is 15.2. The summed E-state index contributed by atoms with van der Waals surface area (Å²) < 4.78 is 7.62. The number of nitrogens with one attached hydrogen (secondary N) is 1. The fourth-order valence-corrected chi connectivity index (χ4v) is 5.82. The van der Waals surface area contributed by atoms with Gasteiger partial charge in [-0.15, -0.1) is 0 Å². The van der Waals surface area contributed by atoms with E-state index in [9.17, 15) is 9.59 Å². The average molecular weight is 564 g/mol. The van der Waals surface area contributed by atoms with Crippen LogP contribution in [0.5, 0.6) is 5.75 Å². The number of benzene rings is 3. The van der Waals surface area contributed by atoms with Crippen molar-refractivity contribution in [2.24, 2.45) is 4.99 Å². The van der Waals surface area contributed by atoms with Crippen molar-refractivity contribution in [3.05, 3.63) is 125 Å². The number of allylic oxidation sites excluding steroid dienone is 1. The van der Waals surface area contributed by atoms with Gasteiger partial charge in [0.1, 0.15) is 5.75 Å². The van der Waals surface area contributed by atoms with Crippen molar-refractivity contribution in [3.63, 3.8) is 0 Å². The molecule has 0 saturated carbocycles. The van der Waals surface area contributed by atoms with Gasteiger partial charge in [0.2, 0.25) is 0 Å². The molecule has 1 aromatic heterocycles. The van der Waals surface area contributed by atoms with E-state index < -0.39 is 6.04 Å². The summed E-state index contributed by atoms with van der Waals surface area (Å²) in [5, 5.41) is 3.90. The highest BCUT2D eigenvalue weighted by Crippen LogP contribution is 2.32. The monoisotopic (exact) mass is 563 g/mol. The molecular formula is C29H23Cl2N3O3S. The van der Waals surface area contributed by atoms with E-state index in [0.717, 1.165) is 5.56 Å². The summed E-state index contributed by atoms with van der Waals surface area (Å²) in [6.07, 6.45) is 1.72. The zero-order valence-corrected chi connectivity index (χ0v) is 22.9. The van der Waals surface area contributed by atoms with E-state index >= 15 is 0 Å². The largest absolute Gasteiger partial charge is 0.494 e. The van der Waals surface area contributed by atoms with Crippen LogP contribution in [-0.2, 0) is 4.79 Å². The van der Waals surface area contributed by atoms with Gasteiger partial charge >= 0.3 is 0 Å². The van der Waals surface area contributed by atoms with Crippen LogP contribution in [0.4, 0.5) is 5.69 Å². The Hall–Kier alpha value is -3.65. The standard InChI is InChI=1S/C29H23Cl2N3O3S/c1-3-37-22-13-10-18(11-14-22)26-25(27(35)33-21-7-5-4-6-8-21)17(2)32-29-34(26)28(36)24(38-29)15-19-9-12-20(30)16-23(19)31/h4-16,26H,3H2,1-2H3,(H,33,35)/b24-15-/t26-/m0/s1. The average Bonchev–Trinajstić information content (AvgIpc) is 3.20. The fourth-order valence-electron chi connectivity index (χ4n) is 4.32. The number of fused-ring (bicyclic) bond motifs is 1. The van der Waals surface area contributed by atoms with Gasteiger partial charge in [-0.1, -0.05) is 70.9 Å². The van der Waals surface area contributed by atoms with E-state index in [4.69, 9.17) is 27.9 Å². The number of nitrogens with zero attached hydrogens (tertiary/aromatic N) is 2. The third-order valence-electron chi connectivity index (χ3n) is 6.05. The Kier molecular flexibility index (Phi) is 7.51. The smallest absolute Gasteiger partial charge is 0.271 e. The van der Waals surface area contributed by atoms with E-state index in [1.165, 1.54) is 11.3 Å². The van der Waals surface area contributed by atoms with Crippen LogP contribution in [0.15, 0.2) is 93.9 Å². The zero-order valence-electron chi connectivity index (χ0n) is 20.6. The van der Waals surface area contributed by atoms with Gasteiger partial charge in [0, 0.05) is 15.7 Å². The number of hydrogen-bond acceptors (Lipinski definition) is 5.